The summed E-state index contributed by atoms with van der Waals surface area (Å²) < 4.78 is 161. The SMILES string of the molecule is O=C(CNC(=O)Cc1cccc(Cl)c1)NCCO[C@H]1O[C@H](COS(=O)(=O)[O-])[C@@H](OS(=O)(=O)[O-])[C@H](OS(=O)(=O)[O-])[C@@H]1OS(=O)(=O)[O-].[Na+].[Na+].[Na+].[Na+]. The van der Waals surface area contributed by atoms with Gasteiger partial charge in [0.15, 0.2) is 12.4 Å². The number of benzene rings is 1. The van der Waals surface area contributed by atoms with Crippen LogP contribution >= 0.6 is 11.6 Å². The second kappa shape index (κ2) is 24.4. The number of rotatable bonds is 17. The molecular weight excluding hydrogens is 820 g/mol. The molecule has 31 heteroatoms. The zero-order valence-electron chi connectivity index (χ0n) is 25.9. The predicted molar refractivity (Wildman–Crippen MR) is 135 cm³/mol. The van der Waals surface area contributed by atoms with Gasteiger partial charge in [-0.2, -0.15) is 0 Å². The van der Waals surface area contributed by atoms with Crippen LogP contribution in [0.4, 0.5) is 0 Å². The first-order chi connectivity index (χ1) is 20.5. The van der Waals surface area contributed by atoms with E-state index >= 15 is 0 Å². The van der Waals surface area contributed by atoms with Crippen molar-refractivity contribution in [2.75, 3.05) is 26.3 Å². The van der Waals surface area contributed by atoms with Crippen LogP contribution in [0.5, 0.6) is 0 Å². The van der Waals surface area contributed by atoms with Crippen LogP contribution in [0.25, 0.3) is 0 Å². The van der Waals surface area contributed by atoms with E-state index in [4.69, 9.17) is 21.1 Å². The van der Waals surface area contributed by atoms with Crippen LogP contribution in [0.15, 0.2) is 24.3 Å². The van der Waals surface area contributed by atoms with Gasteiger partial charge in [0.2, 0.25) is 53.4 Å². The molecule has 0 radical (unpaired) electrons. The molecule has 22 nitrogen and oxygen atoms in total. The van der Waals surface area contributed by atoms with E-state index in [2.05, 4.69) is 27.4 Å². The van der Waals surface area contributed by atoms with Crippen molar-refractivity contribution >= 4 is 65.0 Å². The number of nitrogens with one attached hydrogen (secondary N) is 2. The fraction of sp³-hybridized carbons (Fsp3) is 0.556. The van der Waals surface area contributed by atoms with Gasteiger partial charge in [-0.05, 0) is 17.7 Å². The summed E-state index contributed by atoms with van der Waals surface area (Å²) in [5.74, 6) is -1.38. The third kappa shape index (κ3) is 24.1. The standard InChI is InChI=1S/C18H25ClN2O20S4.4Na/c19-11-3-1-2-10(6-11)7-13(22)21-8-14(23)20-4-5-36-18-17(41-45(33,34)35)16(40-44(30,31)32)15(39-43(27,28)29)12(38-18)9-37-42(24,25)26;;;;/h1-3,6,12,15-18H,4-5,7-9H2,(H,20,23)(H,21,22)(H,24,25,26)(H,27,28,29)(H,30,31,32)(H,33,34,35);;;;/q;4*+1/p-4/t12-,15-,16+,17+,18+;;;;/m1..../s1. The molecule has 0 unspecified atom stereocenters. The summed E-state index contributed by atoms with van der Waals surface area (Å²) in [6.07, 6.45) is -13.4. The van der Waals surface area contributed by atoms with Crippen LogP contribution in [-0.2, 0) is 83.8 Å². The molecule has 49 heavy (non-hydrogen) atoms. The van der Waals surface area contributed by atoms with Crippen molar-refractivity contribution in [3.05, 3.63) is 34.9 Å². The van der Waals surface area contributed by atoms with E-state index in [9.17, 15) is 61.5 Å². The van der Waals surface area contributed by atoms with E-state index in [0.717, 1.165) is 0 Å². The van der Waals surface area contributed by atoms with E-state index in [1.807, 2.05) is 0 Å². The Hall–Kier alpha value is 1.85. The molecule has 1 aliphatic rings. The Morgan fingerprint density at radius 3 is 1.80 bits per heavy atom. The van der Waals surface area contributed by atoms with Crippen molar-refractivity contribution in [2.45, 2.75) is 37.1 Å². The monoisotopic (exact) mass is 840 g/mol. The number of carbonyl (C=O) groups excluding carboxylic acids is 2. The number of hydrogen-bond acceptors (Lipinski definition) is 20. The summed E-state index contributed by atoms with van der Waals surface area (Å²) >= 11 is 5.83. The Morgan fingerprint density at radius 2 is 1.29 bits per heavy atom. The molecule has 1 aliphatic heterocycles. The largest absolute Gasteiger partial charge is 1.00 e. The maximum absolute atomic E-state index is 12.1. The summed E-state index contributed by atoms with van der Waals surface area (Å²) in [6, 6.07) is 6.31. The molecule has 5 atom stereocenters. The fourth-order valence-corrected chi connectivity index (χ4v) is 5.52. The molecular formula is C18H21ClN2Na4O20S4. The molecule has 0 aliphatic carbocycles. The van der Waals surface area contributed by atoms with Gasteiger partial charge in [-0.15, -0.1) is 0 Å². The molecule has 2 amide bonds. The Labute approximate surface area is 374 Å². The summed E-state index contributed by atoms with van der Waals surface area (Å²) in [4.78, 5) is 24.1. The van der Waals surface area contributed by atoms with E-state index in [0.29, 0.717) is 10.6 Å². The fourth-order valence-electron chi connectivity index (χ4n) is 3.54. The Kier molecular flexibility index (Phi) is 27.5. The molecule has 0 spiro atoms. The molecule has 0 saturated carbocycles. The van der Waals surface area contributed by atoms with Crippen LogP contribution in [0.1, 0.15) is 5.56 Å². The molecule has 1 aromatic carbocycles. The molecule has 2 N–H and O–H groups in total. The summed E-state index contributed by atoms with van der Waals surface area (Å²) in [5, 5.41) is 4.89. The normalized spacial score (nSPS) is 21.0. The topological polar surface area (TPSA) is 342 Å². The van der Waals surface area contributed by atoms with E-state index < -0.39 is 110 Å². The van der Waals surface area contributed by atoms with E-state index in [-0.39, 0.29) is 125 Å². The zero-order chi connectivity index (χ0) is 34.2. The van der Waals surface area contributed by atoms with E-state index in [1.54, 1.807) is 18.2 Å². The Bertz CT molecular complexity index is 1650. The maximum atomic E-state index is 12.1. The van der Waals surface area contributed by atoms with Crippen LogP contribution in [0.3, 0.4) is 0 Å². The van der Waals surface area contributed by atoms with Gasteiger partial charge in [-0.1, -0.05) is 23.7 Å². The summed E-state index contributed by atoms with van der Waals surface area (Å²) in [7, 11) is -23.5. The smallest absolute Gasteiger partial charge is 0.726 e. The van der Waals surface area contributed by atoms with Gasteiger partial charge in [0.05, 0.1) is 26.2 Å². The Balaban J connectivity index is -0.00000529. The van der Waals surface area contributed by atoms with Crippen LogP contribution in [0.2, 0.25) is 5.02 Å². The minimum Gasteiger partial charge on any atom is -0.726 e. The van der Waals surface area contributed by atoms with Crippen molar-refractivity contribution in [3.63, 3.8) is 0 Å². The number of amides is 2. The van der Waals surface area contributed by atoms with Gasteiger partial charge < -0.3 is 38.3 Å². The number of halogens is 1. The zero-order valence-corrected chi connectivity index (χ0v) is 37.9. The molecule has 1 heterocycles. The molecule has 1 aromatic rings. The van der Waals surface area contributed by atoms with Crippen molar-refractivity contribution in [2.24, 2.45) is 0 Å². The van der Waals surface area contributed by atoms with Crippen molar-refractivity contribution in [1.82, 2.24) is 10.6 Å². The summed E-state index contributed by atoms with van der Waals surface area (Å²) in [5.41, 5.74) is 0.544. The first-order valence-corrected chi connectivity index (χ1v) is 17.3. The molecule has 0 aromatic heterocycles. The second-order valence-corrected chi connectivity index (χ2v) is 13.0. The van der Waals surface area contributed by atoms with Gasteiger partial charge in [-0.3, -0.25) is 26.3 Å². The Morgan fingerprint density at radius 1 is 0.755 bits per heavy atom. The average molecular weight is 841 g/mol. The molecule has 258 valence electrons. The second-order valence-electron chi connectivity index (χ2n) is 8.45. The first kappa shape index (κ1) is 55.2. The third-order valence-electron chi connectivity index (χ3n) is 5.06. The minimum absolute atomic E-state index is 0. The average Bonchev–Trinajstić information content (AvgIpc) is 2.84. The predicted octanol–water partition coefficient (Wildman–Crippen LogP) is -16.1. The van der Waals surface area contributed by atoms with Crippen molar-refractivity contribution in [1.29, 1.82) is 0 Å². The first-order valence-electron chi connectivity index (χ1n) is 11.6. The minimum atomic E-state index is -6.00. The number of hydrogen-bond donors (Lipinski definition) is 2. The van der Waals surface area contributed by atoms with Gasteiger partial charge in [0, 0.05) is 11.6 Å². The molecule has 1 saturated heterocycles. The van der Waals surface area contributed by atoms with Gasteiger partial charge >= 0.3 is 118 Å². The van der Waals surface area contributed by atoms with Gasteiger partial charge in [-0.25, -0.2) is 33.7 Å². The van der Waals surface area contributed by atoms with Gasteiger partial charge in [0.25, 0.3) is 0 Å². The molecule has 1 fully saturated rings. The summed E-state index contributed by atoms with van der Waals surface area (Å²) in [6.45, 7) is -3.38. The van der Waals surface area contributed by atoms with Crippen LogP contribution < -0.4 is 129 Å². The number of carbonyl (C=O) groups is 2. The third-order valence-corrected chi connectivity index (χ3v) is 7.09. The van der Waals surface area contributed by atoms with Crippen LogP contribution in [0, 0.1) is 0 Å². The molecule has 0 bridgehead atoms. The van der Waals surface area contributed by atoms with Crippen molar-refractivity contribution < 1.29 is 206 Å². The van der Waals surface area contributed by atoms with Gasteiger partial charge in [0.1, 0.15) is 18.3 Å². The number of ether oxygens (including phenoxy) is 2. The quantitative estimate of drug-likeness (QED) is 0.0636. The van der Waals surface area contributed by atoms with Crippen LogP contribution in [-0.4, -0.2) is 121 Å². The van der Waals surface area contributed by atoms with E-state index in [1.165, 1.54) is 6.07 Å². The molecule has 2 rings (SSSR count). The maximum Gasteiger partial charge on any atom is 1.00 e. The van der Waals surface area contributed by atoms with Crippen molar-refractivity contribution in [3.8, 4) is 0 Å².